The second kappa shape index (κ2) is 12.2. The number of carbonyl (C=O) groups excluding carboxylic acids is 1. The van der Waals surface area contributed by atoms with E-state index in [0.29, 0.717) is 5.92 Å². The Morgan fingerprint density at radius 2 is 2.03 bits per heavy atom. The smallest absolute Gasteiger partial charge is 0.252 e. The van der Waals surface area contributed by atoms with E-state index in [2.05, 4.69) is 15.6 Å². The fraction of sp³-hybridized carbons (Fsp3) is 0.364. The maximum atomic E-state index is 12.7. The van der Waals surface area contributed by atoms with Crippen molar-refractivity contribution >= 4 is 48.1 Å². The van der Waals surface area contributed by atoms with Crippen LogP contribution in [0.25, 0.3) is 5.65 Å². The normalized spacial score (nSPS) is 15.8. The molecule has 4 rings (SSSR count). The molecule has 1 amide bonds. The van der Waals surface area contributed by atoms with E-state index in [4.69, 9.17) is 0 Å². The van der Waals surface area contributed by atoms with Crippen LogP contribution in [-0.4, -0.2) is 34.9 Å². The zero-order chi connectivity index (χ0) is 19.2. The molecule has 1 aromatic carbocycles. The fourth-order valence-electron chi connectivity index (χ4n) is 3.64. The van der Waals surface area contributed by atoms with E-state index in [0.717, 1.165) is 53.6 Å². The van der Waals surface area contributed by atoms with Crippen molar-refractivity contribution in [2.75, 3.05) is 19.6 Å². The first kappa shape index (κ1) is 24.5. The van der Waals surface area contributed by atoms with Gasteiger partial charge in [0.1, 0.15) is 5.65 Å². The molecular weight excluding hydrogens is 439 g/mol. The number of hydrogen-bond donors (Lipinski definition) is 2. The second-order valence-electron chi connectivity index (χ2n) is 7.24. The number of nitrogens with zero attached hydrogens (tertiary/aromatic N) is 2. The Morgan fingerprint density at radius 1 is 1.20 bits per heavy atom. The van der Waals surface area contributed by atoms with Crippen LogP contribution in [0.3, 0.4) is 0 Å². The third-order valence-corrected chi connectivity index (χ3v) is 6.27. The minimum Gasteiger partial charge on any atom is -0.352 e. The summed E-state index contributed by atoms with van der Waals surface area (Å²) in [5.74, 6) is 1.43. The van der Waals surface area contributed by atoms with Crippen LogP contribution in [0, 0.1) is 5.92 Å². The topological polar surface area (TPSA) is 58.4 Å². The summed E-state index contributed by atoms with van der Waals surface area (Å²) in [7, 11) is 0. The number of rotatable bonds is 7. The summed E-state index contributed by atoms with van der Waals surface area (Å²) in [5.41, 5.74) is 2.70. The lowest BCUT2D eigenvalue weighted by Crippen LogP contribution is -2.33. The maximum Gasteiger partial charge on any atom is 0.252 e. The molecule has 3 aromatic rings. The van der Waals surface area contributed by atoms with Gasteiger partial charge in [0, 0.05) is 29.6 Å². The second-order valence-corrected chi connectivity index (χ2v) is 8.26. The fourth-order valence-corrected chi connectivity index (χ4v) is 4.58. The van der Waals surface area contributed by atoms with E-state index in [-0.39, 0.29) is 30.7 Å². The number of fused-ring (bicyclic) bond motifs is 1. The number of thioether (sulfide) groups is 1. The van der Waals surface area contributed by atoms with Crippen LogP contribution in [0.15, 0.2) is 59.8 Å². The molecule has 0 radical (unpaired) electrons. The van der Waals surface area contributed by atoms with Gasteiger partial charge in [0.25, 0.3) is 5.91 Å². The van der Waals surface area contributed by atoms with Gasteiger partial charge in [-0.1, -0.05) is 18.2 Å². The minimum atomic E-state index is 0. The molecule has 8 heteroatoms. The molecule has 2 N–H and O–H groups in total. The molecule has 0 bridgehead atoms. The molecule has 5 nitrogen and oxygen atoms in total. The van der Waals surface area contributed by atoms with Gasteiger partial charge in [0.05, 0.1) is 11.3 Å². The van der Waals surface area contributed by atoms with Crippen molar-refractivity contribution in [1.82, 2.24) is 20.0 Å². The molecule has 0 saturated carbocycles. The number of pyridine rings is 1. The molecule has 1 fully saturated rings. The number of imidazole rings is 1. The van der Waals surface area contributed by atoms with Gasteiger partial charge in [-0.05, 0) is 62.5 Å². The Hall–Kier alpha value is -1.73. The van der Waals surface area contributed by atoms with Crippen molar-refractivity contribution in [3.63, 3.8) is 0 Å². The summed E-state index contributed by atoms with van der Waals surface area (Å²) < 4.78 is 2.02. The molecule has 162 valence electrons. The standard InChI is InChI=1S/C22H26N4OS.2ClH/c27-22(24-12-10-17-6-5-11-23-14-17)19-7-1-2-8-20(19)28-16-18-15-26-13-4-3-9-21(26)25-18;;/h1-4,7-9,13,15,17,23H,5-6,10-12,14,16H2,(H,24,27);2*1H. The van der Waals surface area contributed by atoms with Crippen molar-refractivity contribution in [3.05, 3.63) is 66.1 Å². The summed E-state index contributed by atoms with van der Waals surface area (Å²) in [4.78, 5) is 18.3. The van der Waals surface area contributed by atoms with E-state index in [9.17, 15) is 4.79 Å². The van der Waals surface area contributed by atoms with Gasteiger partial charge in [-0.25, -0.2) is 4.98 Å². The van der Waals surface area contributed by atoms with Crippen LogP contribution in [0.4, 0.5) is 0 Å². The van der Waals surface area contributed by atoms with Gasteiger partial charge >= 0.3 is 0 Å². The molecule has 0 aliphatic carbocycles. The summed E-state index contributed by atoms with van der Waals surface area (Å²) >= 11 is 1.66. The molecule has 1 aliphatic heterocycles. The summed E-state index contributed by atoms with van der Waals surface area (Å²) in [6.07, 6.45) is 7.58. The maximum absolute atomic E-state index is 12.7. The molecule has 1 unspecified atom stereocenters. The number of piperidine rings is 1. The van der Waals surface area contributed by atoms with Gasteiger partial charge in [-0.3, -0.25) is 4.79 Å². The lowest BCUT2D eigenvalue weighted by Gasteiger charge is -2.22. The molecule has 0 spiro atoms. The zero-order valence-corrected chi connectivity index (χ0v) is 19.2. The van der Waals surface area contributed by atoms with Gasteiger partial charge in [-0.15, -0.1) is 36.6 Å². The number of aromatic nitrogens is 2. The number of nitrogens with one attached hydrogen (secondary N) is 2. The first-order valence-corrected chi connectivity index (χ1v) is 10.9. The number of carbonyl (C=O) groups is 1. The van der Waals surface area contributed by atoms with Gasteiger partial charge in [0.2, 0.25) is 0 Å². The lowest BCUT2D eigenvalue weighted by atomic mass is 9.96. The highest BCUT2D eigenvalue weighted by Gasteiger charge is 2.15. The lowest BCUT2D eigenvalue weighted by molar-refractivity contribution is 0.0947. The Bertz CT molecular complexity index is 911. The van der Waals surface area contributed by atoms with E-state index in [1.807, 2.05) is 59.3 Å². The summed E-state index contributed by atoms with van der Waals surface area (Å²) in [5, 5.41) is 6.54. The molecule has 2 aromatic heterocycles. The Labute approximate surface area is 194 Å². The number of hydrogen-bond acceptors (Lipinski definition) is 4. The summed E-state index contributed by atoms with van der Waals surface area (Å²) in [6.45, 7) is 2.93. The first-order valence-electron chi connectivity index (χ1n) is 9.93. The highest BCUT2D eigenvalue weighted by atomic mass is 35.5. The molecule has 3 heterocycles. The predicted octanol–water partition coefficient (Wildman–Crippen LogP) is 4.59. The van der Waals surface area contributed by atoms with Gasteiger partial charge < -0.3 is 15.0 Å². The molecule has 1 atom stereocenters. The average Bonchev–Trinajstić information content (AvgIpc) is 3.16. The van der Waals surface area contributed by atoms with Crippen molar-refractivity contribution in [3.8, 4) is 0 Å². The molecule has 1 saturated heterocycles. The van der Waals surface area contributed by atoms with Crippen LogP contribution in [0.1, 0.15) is 35.3 Å². The van der Waals surface area contributed by atoms with Crippen LogP contribution < -0.4 is 10.6 Å². The highest BCUT2D eigenvalue weighted by Crippen LogP contribution is 2.26. The Morgan fingerprint density at radius 3 is 2.83 bits per heavy atom. The van der Waals surface area contributed by atoms with Crippen LogP contribution in [0.5, 0.6) is 0 Å². The van der Waals surface area contributed by atoms with Crippen molar-refractivity contribution in [2.45, 2.75) is 29.9 Å². The van der Waals surface area contributed by atoms with E-state index >= 15 is 0 Å². The van der Waals surface area contributed by atoms with Crippen molar-refractivity contribution in [1.29, 1.82) is 0 Å². The summed E-state index contributed by atoms with van der Waals surface area (Å²) in [6, 6.07) is 13.8. The number of amides is 1. The molecular formula is C22H28Cl2N4OS. The third-order valence-electron chi connectivity index (χ3n) is 5.16. The van der Waals surface area contributed by atoms with Crippen LogP contribution in [-0.2, 0) is 5.75 Å². The predicted molar refractivity (Wildman–Crippen MR) is 128 cm³/mol. The Kier molecular flexibility index (Phi) is 9.98. The third kappa shape index (κ3) is 6.38. The van der Waals surface area contributed by atoms with E-state index < -0.39 is 0 Å². The number of halogens is 2. The van der Waals surface area contributed by atoms with Crippen LogP contribution >= 0.6 is 36.6 Å². The largest absolute Gasteiger partial charge is 0.352 e. The van der Waals surface area contributed by atoms with Crippen molar-refractivity contribution < 1.29 is 4.79 Å². The first-order chi connectivity index (χ1) is 13.8. The SMILES string of the molecule is Cl.Cl.O=C(NCCC1CCCNC1)c1ccccc1SCc1cn2ccccc2n1. The van der Waals surface area contributed by atoms with Gasteiger partial charge in [0.15, 0.2) is 0 Å². The van der Waals surface area contributed by atoms with Gasteiger partial charge in [-0.2, -0.15) is 0 Å². The Balaban J connectivity index is 0.00000160. The van der Waals surface area contributed by atoms with E-state index in [1.54, 1.807) is 11.8 Å². The minimum absolute atomic E-state index is 0. The quantitative estimate of drug-likeness (QED) is 0.499. The van der Waals surface area contributed by atoms with Crippen molar-refractivity contribution in [2.24, 2.45) is 5.92 Å². The average molecular weight is 467 g/mol. The monoisotopic (exact) mass is 466 g/mol. The van der Waals surface area contributed by atoms with E-state index in [1.165, 1.54) is 12.8 Å². The molecule has 1 aliphatic rings. The molecule has 30 heavy (non-hydrogen) atoms. The highest BCUT2D eigenvalue weighted by molar-refractivity contribution is 7.98. The van der Waals surface area contributed by atoms with Crippen LogP contribution in [0.2, 0.25) is 0 Å². The zero-order valence-electron chi connectivity index (χ0n) is 16.8. The number of benzene rings is 1.